The van der Waals surface area contributed by atoms with Crippen LogP contribution in [0.5, 0.6) is 0 Å². The average molecular weight is 529 g/mol. The Kier molecular flexibility index (Phi) is 8.35. The molecule has 2 N–H and O–H groups in total. The predicted molar refractivity (Wildman–Crippen MR) is 144 cm³/mol. The van der Waals surface area contributed by atoms with Gasteiger partial charge in [-0.2, -0.15) is 0 Å². The smallest absolute Gasteiger partial charge is 0.337 e. The van der Waals surface area contributed by atoms with Crippen LogP contribution in [-0.4, -0.2) is 40.5 Å². The van der Waals surface area contributed by atoms with Gasteiger partial charge in [0, 0.05) is 42.3 Å². The largest absolute Gasteiger partial charge is 0.466 e. The first-order chi connectivity index (χ1) is 18.8. The van der Waals surface area contributed by atoms with Crippen LogP contribution < -0.4 is 5.32 Å². The van der Waals surface area contributed by atoms with Gasteiger partial charge in [0.15, 0.2) is 0 Å². The van der Waals surface area contributed by atoms with Crippen molar-refractivity contribution >= 4 is 23.7 Å². The van der Waals surface area contributed by atoms with Crippen molar-refractivity contribution in [1.82, 2.24) is 15.3 Å². The Morgan fingerprint density at radius 2 is 1.82 bits per heavy atom. The molecule has 4 rings (SSSR count). The number of esters is 2. The molecule has 1 atom stereocenters. The number of nitro groups is 1. The molecular weight excluding hydrogens is 500 g/mol. The molecule has 0 fully saturated rings. The third-order valence-electron chi connectivity index (χ3n) is 6.30. The number of hydrogen-bond acceptors (Lipinski definition) is 8. The van der Waals surface area contributed by atoms with Gasteiger partial charge in [-0.15, -0.1) is 0 Å². The fourth-order valence-corrected chi connectivity index (χ4v) is 4.58. The Labute approximate surface area is 225 Å². The van der Waals surface area contributed by atoms with Crippen molar-refractivity contribution < 1.29 is 24.0 Å². The third kappa shape index (κ3) is 6.30. The summed E-state index contributed by atoms with van der Waals surface area (Å²) in [6.45, 7) is 3.36. The van der Waals surface area contributed by atoms with Gasteiger partial charge in [0.2, 0.25) is 0 Å². The van der Waals surface area contributed by atoms with E-state index in [1.54, 1.807) is 38.4 Å². The van der Waals surface area contributed by atoms with Gasteiger partial charge in [-0.25, -0.2) is 14.6 Å². The molecule has 1 aliphatic rings. The van der Waals surface area contributed by atoms with Crippen molar-refractivity contribution in [3.63, 3.8) is 0 Å². The second-order valence-corrected chi connectivity index (χ2v) is 8.94. The SMILES string of the molecule is COC(=O)C1=C(C)NC(C)=C(C(=O)OCC=Cc2cccc(Cc3ncc[nH]3)c2)C1c1cccc([N+](=O)[O-])c1. The Morgan fingerprint density at radius 3 is 2.51 bits per heavy atom. The highest BCUT2D eigenvalue weighted by atomic mass is 16.6. The van der Waals surface area contributed by atoms with Gasteiger partial charge in [0.05, 0.1) is 29.1 Å². The summed E-state index contributed by atoms with van der Waals surface area (Å²) in [4.78, 5) is 44.3. The molecule has 0 amide bonds. The maximum atomic E-state index is 13.3. The molecule has 10 heteroatoms. The Bertz CT molecular complexity index is 1490. The van der Waals surface area contributed by atoms with Crippen LogP contribution in [0.4, 0.5) is 5.69 Å². The normalized spacial score (nSPS) is 15.3. The molecule has 200 valence electrons. The lowest BCUT2D eigenvalue weighted by atomic mass is 9.80. The summed E-state index contributed by atoms with van der Waals surface area (Å²) in [5.41, 5.74) is 3.59. The molecule has 2 aromatic carbocycles. The summed E-state index contributed by atoms with van der Waals surface area (Å²) in [6.07, 6.45) is 7.73. The number of ether oxygens (including phenoxy) is 2. The van der Waals surface area contributed by atoms with E-state index in [0.29, 0.717) is 23.4 Å². The van der Waals surface area contributed by atoms with Crippen LogP contribution in [0.2, 0.25) is 0 Å². The fourth-order valence-electron chi connectivity index (χ4n) is 4.58. The van der Waals surface area contributed by atoms with Crippen LogP contribution in [0.25, 0.3) is 6.08 Å². The number of aromatic amines is 1. The molecule has 1 aliphatic heterocycles. The zero-order chi connectivity index (χ0) is 27.9. The molecular formula is C29H28N4O6. The highest BCUT2D eigenvalue weighted by molar-refractivity contribution is 6.00. The fraction of sp³-hybridized carbons (Fsp3) is 0.207. The monoisotopic (exact) mass is 528 g/mol. The number of carbonyl (C=O) groups is 2. The number of benzene rings is 2. The number of carbonyl (C=O) groups excluding carboxylic acids is 2. The lowest BCUT2D eigenvalue weighted by Crippen LogP contribution is -2.32. The number of hydrogen-bond donors (Lipinski definition) is 2. The minimum absolute atomic E-state index is 0.0179. The van der Waals surface area contributed by atoms with Crippen LogP contribution in [0.1, 0.15) is 42.3 Å². The van der Waals surface area contributed by atoms with Crippen molar-refractivity contribution in [3.8, 4) is 0 Å². The Hall–Kier alpha value is -4.99. The molecule has 1 unspecified atom stereocenters. The van der Waals surface area contributed by atoms with Gasteiger partial charge in [-0.1, -0.05) is 42.5 Å². The molecule has 0 radical (unpaired) electrons. The molecule has 0 aliphatic carbocycles. The van der Waals surface area contributed by atoms with Crippen molar-refractivity contribution in [2.24, 2.45) is 0 Å². The van der Waals surface area contributed by atoms with Crippen LogP contribution in [0.15, 0.2) is 89.5 Å². The van der Waals surface area contributed by atoms with Gasteiger partial charge in [-0.3, -0.25) is 10.1 Å². The van der Waals surface area contributed by atoms with Crippen molar-refractivity contribution in [2.75, 3.05) is 13.7 Å². The number of imidazole rings is 1. The Morgan fingerprint density at radius 1 is 1.08 bits per heavy atom. The number of dihydropyridines is 1. The van der Waals surface area contributed by atoms with E-state index in [4.69, 9.17) is 9.47 Å². The lowest BCUT2D eigenvalue weighted by molar-refractivity contribution is -0.384. The maximum absolute atomic E-state index is 13.3. The number of aromatic nitrogens is 2. The number of allylic oxidation sites excluding steroid dienone is 2. The van der Waals surface area contributed by atoms with Gasteiger partial charge < -0.3 is 19.8 Å². The summed E-state index contributed by atoms with van der Waals surface area (Å²) in [5.74, 6) is -1.35. The maximum Gasteiger partial charge on any atom is 0.337 e. The van der Waals surface area contributed by atoms with Crippen molar-refractivity contribution in [2.45, 2.75) is 26.2 Å². The van der Waals surface area contributed by atoms with Crippen LogP contribution in [0.3, 0.4) is 0 Å². The number of non-ortho nitro benzene ring substituents is 1. The third-order valence-corrected chi connectivity index (χ3v) is 6.30. The molecule has 0 spiro atoms. The van der Waals surface area contributed by atoms with Crippen molar-refractivity contribution in [3.05, 3.63) is 122 Å². The average Bonchev–Trinajstić information content (AvgIpc) is 3.43. The number of H-pyrrole nitrogens is 1. The quantitative estimate of drug-likeness (QED) is 0.234. The molecule has 0 bridgehead atoms. The van der Waals surface area contributed by atoms with E-state index in [0.717, 1.165) is 17.0 Å². The highest BCUT2D eigenvalue weighted by Gasteiger charge is 2.38. The van der Waals surface area contributed by atoms with Crippen molar-refractivity contribution in [1.29, 1.82) is 0 Å². The molecule has 0 saturated carbocycles. The number of methoxy groups -OCH3 is 1. The van der Waals surface area contributed by atoms with E-state index in [1.165, 1.54) is 25.3 Å². The van der Waals surface area contributed by atoms with E-state index >= 15 is 0 Å². The van der Waals surface area contributed by atoms with Gasteiger partial charge in [0.1, 0.15) is 12.4 Å². The predicted octanol–water partition coefficient (Wildman–Crippen LogP) is 4.57. The lowest BCUT2D eigenvalue weighted by Gasteiger charge is -2.30. The van der Waals surface area contributed by atoms with Gasteiger partial charge in [-0.05, 0) is 36.6 Å². The summed E-state index contributed by atoms with van der Waals surface area (Å²) < 4.78 is 10.5. The molecule has 10 nitrogen and oxygen atoms in total. The minimum atomic E-state index is -0.909. The first-order valence-corrected chi connectivity index (χ1v) is 12.2. The molecule has 1 aromatic heterocycles. The van der Waals surface area contributed by atoms with E-state index in [2.05, 4.69) is 15.3 Å². The molecule has 39 heavy (non-hydrogen) atoms. The van der Waals surface area contributed by atoms with E-state index in [-0.39, 0.29) is 23.4 Å². The van der Waals surface area contributed by atoms with Gasteiger partial charge in [0.25, 0.3) is 5.69 Å². The van der Waals surface area contributed by atoms with Gasteiger partial charge >= 0.3 is 11.9 Å². The minimum Gasteiger partial charge on any atom is -0.466 e. The van der Waals surface area contributed by atoms with Crippen LogP contribution in [0, 0.1) is 10.1 Å². The number of nitro benzene ring substituents is 1. The molecule has 2 heterocycles. The first-order valence-electron chi connectivity index (χ1n) is 12.2. The second kappa shape index (κ2) is 12.0. The van der Waals surface area contributed by atoms with Crippen LogP contribution >= 0.6 is 0 Å². The molecule has 3 aromatic rings. The summed E-state index contributed by atoms with van der Waals surface area (Å²) in [6, 6.07) is 13.8. The number of nitrogens with one attached hydrogen (secondary N) is 2. The zero-order valence-electron chi connectivity index (χ0n) is 21.8. The van der Waals surface area contributed by atoms with Crippen LogP contribution in [-0.2, 0) is 25.5 Å². The highest BCUT2D eigenvalue weighted by Crippen LogP contribution is 2.40. The summed E-state index contributed by atoms with van der Waals surface area (Å²) in [5, 5.41) is 14.5. The van der Waals surface area contributed by atoms with E-state index < -0.39 is 22.8 Å². The zero-order valence-corrected chi connectivity index (χ0v) is 21.8. The second-order valence-electron chi connectivity index (χ2n) is 8.94. The van der Waals surface area contributed by atoms with E-state index in [1.807, 2.05) is 30.3 Å². The summed E-state index contributed by atoms with van der Waals surface area (Å²) >= 11 is 0. The number of nitrogens with zero attached hydrogens (tertiary/aromatic N) is 2. The first kappa shape index (κ1) is 27.1. The molecule has 0 saturated heterocycles. The Balaban J connectivity index is 1.54. The standard InChI is InChI=1S/C29H28N4O6/c1-18-25(28(34)38-3)27(22-10-5-11-23(17-22)33(36)37)26(19(2)32-18)29(35)39-14-6-9-20-7-4-8-21(15-20)16-24-30-12-13-31-24/h4-13,15,17,27,32H,14,16H2,1-3H3,(H,30,31). The van der Waals surface area contributed by atoms with E-state index in [9.17, 15) is 19.7 Å². The summed E-state index contributed by atoms with van der Waals surface area (Å²) in [7, 11) is 1.24. The number of rotatable bonds is 9. The topological polar surface area (TPSA) is 136 Å².